The smallest absolute Gasteiger partial charge is 0.186 e. The predicted octanol–water partition coefficient (Wildman–Crippen LogP) is 4.82. The maximum absolute atomic E-state index is 12.6. The van der Waals surface area contributed by atoms with E-state index in [-0.39, 0.29) is 11.7 Å². The highest BCUT2D eigenvalue weighted by Crippen LogP contribution is 2.25. The Bertz CT molecular complexity index is 977. The molecule has 3 aromatic rings. The summed E-state index contributed by atoms with van der Waals surface area (Å²) >= 11 is 0. The summed E-state index contributed by atoms with van der Waals surface area (Å²) in [6.07, 6.45) is 4.10. The van der Waals surface area contributed by atoms with Crippen LogP contribution in [0.4, 0.5) is 0 Å². The quantitative estimate of drug-likeness (QED) is 0.505. The molecule has 3 rings (SSSR count). The molecule has 0 aliphatic rings. The van der Waals surface area contributed by atoms with Gasteiger partial charge in [0.2, 0.25) is 0 Å². The first-order chi connectivity index (χ1) is 12.7. The molecule has 1 N–H and O–H groups in total. The molecule has 2 aromatic carbocycles. The van der Waals surface area contributed by atoms with Gasteiger partial charge in [0.05, 0.1) is 17.7 Å². The fourth-order valence-corrected chi connectivity index (χ4v) is 2.99. The van der Waals surface area contributed by atoms with Crippen LogP contribution in [0, 0.1) is 5.92 Å². The van der Waals surface area contributed by atoms with Crippen LogP contribution in [-0.4, -0.2) is 26.3 Å². The van der Waals surface area contributed by atoms with Gasteiger partial charge in [-0.2, -0.15) is 5.10 Å². The van der Waals surface area contributed by atoms with Crippen LogP contribution in [0.1, 0.15) is 49.3 Å². The Kier molecular flexibility index (Phi) is 5.29. The van der Waals surface area contributed by atoms with Crippen LogP contribution in [0.2, 0.25) is 0 Å². The number of Topliss-reactive ketones (excluding diaryl/α,β-unsaturated/α-hetero) is 1. The lowest BCUT2D eigenvalue weighted by Crippen LogP contribution is -2.27. The van der Waals surface area contributed by atoms with Crippen LogP contribution < -0.4 is 0 Å². The van der Waals surface area contributed by atoms with Gasteiger partial charge in [0, 0.05) is 11.3 Å². The van der Waals surface area contributed by atoms with Crippen molar-refractivity contribution < 1.29 is 9.90 Å². The van der Waals surface area contributed by atoms with Crippen molar-refractivity contribution in [3.05, 3.63) is 65.4 Å². The Hall–Kier alpha value is -2.72. The van der Waals surface area contributed by atoms with Gasteiger partial charge in [0.15, 0.2) is 5.78 Å². The summed E-state index contributed by atoms with van der Waals surface area (Å²) in [5.41, 5.74) is 2.55. The number of rotatable bonds is 6. The zero-order valence-electron chi connectivity index (χ0n) is 16.3. The van der Waals surface area contributed by atoms with Crippen molar-refractivity contribution in [1.82, 2.24) is 9.78 Å². The number of aliphatic hydroxyl groups is 1. The van der Waals surface area contributed by atoms with E-state index >= 15 is 0 Å². The maximum Gasteiger partial charge on any atom is 0.186 e. The lowest BCUT2D eigenvalue weighted by atomic mass is 10.0. The summed E-state index contributed by atoms with van der Waals surface area (Å²) in [5, 5.41) is 15.6. The van der Waals surface area contributed by atoms with Crippen LogP contribution in [0.5, 0.6) is 0 Å². The van der Waals surface area contributed by atoms with Crippen LogP contribution >= 0.6 is 0 Å². The van der Waals surface area contributed by atoms with E-state index in [9.17, 15) is 9.90 Å². The molecule has 27 heavy (non-hydrogen) atoms. The summed E-state index contributed by atoms with van der Waals surface area (Å²) in [6, 6.07) is 16.1. The summed E-state index contributed by atoms with van der Waals surface area (Å²) in [5.74, 6) is -0.113. The highest BCUT2D eigenvalue weighted by Gasteiger charge is 2.22. The highest BCUT2D eigenvalue weighted by molar-refractivity contribution is 6.07. The van der Waals surface area contributed by atoms with Crippen LogP contribution in [0.15, 0.2) is 48.5 Å². The molecule has 140 valence electrons. The summed E-state index contributed by atoms with van der Waals surface area (Å²) in [4.78, 5) is 12.6. The van der Waals surface area contributed by atoms with E-state index in [1.807, 2.05) is 68.5 Å². The Balaban J connectivity index is 2.06. The Morgan fingerprint density at radius 3 is 2.41 bits per heavy atom. The molecular formula is C23H26N2O2. The molecule has 4 heteroatoms. The predicted molar refractivity (Wildman–Crippen MR) is 111 cm³/mol. The molecule has 0 spiro atoms. The van der Waals surface area contributed by atoms with E-state index in [2.05, 4.69) is 11.2 Å². The molecule has 0 amide bonds. The van der Waals surface area contributed by atoms with Gasteiger partial charge in [-0.1, -0.05) is 62.4 Å². The second kappa shape index (κ2) is 7.49. The van der Waals surface area contributed by atoms with Crippen molar-refractivity contribution in [2.45, 2.75) is 39.8 Å². The molecule has 4 nitrogen and oxygen atoms in total. The zero-order chi connectivity index (χ0) is 19.6. The van der Waals surface area contributed by atoms with Crippen molar-refractivity contribution in [1.29, 1.82) is 0 Å². The number of nitrogens with zero attached hydrogens (tertiary/aromatic N) is 2. The van der Waals surface area contributed by atoms with E-state index in [1.165, 1.54) is 0 Å². The molecule has 1 aromatic heterocycles. The van der Waals surface area contributed by atoms with Crippen molar-refractivity contribution in [2.75, 3.05) is 0 Å². The minimum atomic E-state index is -0.924. The van der Waals surface area contributed by atoms with Gasteiger partial charge in [-0.3, -0.25) is 9.48 Å². The molecule has 0 aliphatic carbocycles. The van der Waals surface area contributed by atoms with Gasteiger partial charge < -0.3 is 5.11 Å². The summed E-state index contributed by atoms with van der Waals surface area (Å²) < 4.78 is 1.74. The molecule has 0 saturated heterocycles. The normalized spacial score (nSPS) is 12.4. The fraction of sp³-hybridized carbons (Fsp3) is 0.304. The Labute approximate surface area is 160 Å². The first kappa shape index (κ1) is 19.1. The molecule has 0 radical (unpaired) electrons. The van der Waals surface area contributed by atoms with Crippen LogP contribution in [0.25, 0.3) is 23.1 Å². The highest BCUT2D eigenvalue weighted by atomic mass is 16.3. The van der Waals surface area contributed by atoms with Crippen molar-refractivity contribution >= 4 is 28.8 Å². The lowest BCUT2D eigenvalue weighted by molar-refractivity contribution is 0.0587. The zero-order valence-corrected chi connectivity index (χ0v) is 16.3. The molecule has 0 fully saturated rings. The third-order valence-electron chi connectivity index (χ3n) is 4.34. The number of ketones is 1. The number of benzene rings is 2. The van der Waals surface area contributed by atoms with Gasteiger partial charge in [-0.05, 0) is 37.1 Å². The minimum absolute atomic E-state index is 0.0158. The average Bonchev–Trinajstić information content (AvgIpc) is 2.96. The third kappa shape index (κ3) is 4.52. The maximum atomic E-state index is 12.6. The number of carbonyl (C=O) groups is 1. The molecule has 0 saturated carbocycles. The fourth-order valence-electron chi connectivity index (χ4n) is 2.99. The SMILES string of the molecule is CC(C)C(=O)c1nn(CC(C)(C)O)c2cc(/C=C/c3ccccc3)ccc12. The number of fused-ring (bicyclic) bond motifs is 1. The van der Waals surface area contributed by atoms with E-state index in [0.29, 0.717) is 12.2 Å². The molecule has 0 unspecified atom stereocenters. The largest absolute Gasteiger partial charge is 0.389 e. The average molecular weight is 362 g/mol. The number of carbonyl (C=O) groups excluding carboxylic acids is 1. The van der Waals surface area contributed by atoms with E-state index < -0.39 is 5.60 Å². The van der Waals surface area contributed by atoms with Crippen LogP contribution in [0.3, 0.4) is 0 Å². The van der Waals surface area contributed by atoms with Gasteiger partial charge in [0.1, 0.15) is 5.69 Å². The molecule has 1 heterocycles. The van der Waals surface area contributed by atoms with E-state index in [4.69, 9.17) is 0 Å². The number of hydrogen-bond acceptors (Lipinski definition) is 3. The Morgan fingerprint density at radius 1 is 1.11 bits per heavy atom. The second-order valence-corrected chi connectivity index (χ2v) is 7.86. The van der Waals surface area contributed by atoms with Crippen molar-refractivity contribution in [2.24, 2.45) is 5.92 Å². The van der Waals surface area contributed by atoms with E-state index in [1.54, 1.807) is 18.5 Å². The third-order valence-corrected chi connectivity index (χ3v) is 4.34. The van der Waals surface area contributed by atoms with Gasteiger partial charge in [-0.25, -0.2) is 0 Å². The molecular weight excluding hydrogens is 336 g/mol. The first-order valence-electron chi connectivity index (χ1n) is 9.25. The molecule has 0 aliphatic heterocycles. The number of aromatic nitrogens is 2. The Morgan fingerprint density at radius 2 is 1.78 bits per heavy atom. The van der Waals surface area contributed by atoms with Crippen molar-refractivity contribution in [3.63, 3.8) is 0 Å². The van der Waals surface area contributed by atoms with Gasteiger partial charge >= 0.3 is 0 Å². The summed E-state index contributed by atoms with van der Waals surface area (Å²) in [7, 11) is 0. The number of hydrogen-bond donors (Lipinski definition) is 1. The second-order valence-electron chi connectivity index (χ2n) is 7.86. The molecule has 0 atom stereocenters. The minimum Gasteiger partial charge on any atom is -0.389 e. The summed E-state index contributed by atoms with van der Waals surface area (Å²) in [6.45, 7) is 7.55. The standard InChI is InChI=1S/C23H26N2O2/c1-16(2)22(26)21-19-13-12-18(11-10-17-8-6-5-7-9-17)14-20(19)25(24-21)15-23(3,4)27/h5-14,16,27H,15H2,1-4H3/b11-10+. The topological polar surface area (TPSA) is 55.1 Å². The van der Waals surface area contributed by atoms with Crippen molar-refractivity contribution in [3.8, 4) is 0 Å². The monoisotopic (exact) mass is 362 g/mol. The first-order valence-corrected chi connectivity index (χ1v) is 9.25. The van der Waals surface area contributed by atoms with Gasteiger partial charge in [-0.15, -0.1) is 0 Å². The molecule has 0 bridgehead atoms. The van der Waals surface area contributed by atoms with Gasteiger partial charge in [0.25, 0.3) is 0 Å². The van der Waals surface area contributed by atoms with E-state index in [0.717, 1.165) is 22.0 Å². The lowest BCUT2D eigenvalue weighted by Gasteiger charge is -2.17. The van der Waals surface area contributed by atoms with Crippen LogP contribution in [-0.2, 0) is 6.54 Å².